The fraction of sp³-hybridized carbons (Fsp3) is 0.882. The quantitative estimate of drug-likeness (QED) is 0.845. The van der Waals surface area contributed by atoms with Crippen LogP contribution in [0.5, 0.6) is 0 Å². The summed E-state index contributed by atoms with van der Waals surface area (Å²) in [7, 11) is 0. The van der Waals surface area contributed by atoms with Gasteiger partial charge in [-0.05, 0) is 26.7 Å². The van der Waals surface area contributed by atoms with Gasteiger partial charge in [0.25, 0.3) is 5.79 Å². The number of aliphatic hydroxyl groups is 1. The molecule has 0 aromatic carbocycles. The highest BCUT2D eigenvalue weighted by molar-refractivity contribution is 5.46. The van der Waals surface area contributed by atoms with Crippen molar-refractivity contribution in [2.45, 2.75) is 78.3 Å². The van der Waals surface area contributed by atoms with Crippen molar-refractivity contribution in [3.63, 3.8) is 0 Å². The van der Waals surface area contributed by atoms with E-state index in [0.29, 0.717) is 19.0 Å². The van der Waals surface area contributed by atoms with Crippen LogP contribution in [0.3, 0.4) is 0 Å². The molecule has 1 heterocycles. The van der Waals surface area contributed by atoms with Gasteiger partial charge in [0.2, 0.25) is 0 Å². The van der Waals surface area contributed by atoms with E-state index in [9.17, 15) is 5.11 Å². The van der Waals surface area contributed by atoms with Crippen molar-refractivity contribution in [2.75, 3.05) is 13.2 Å². The van der Waals surface area contributed by atoms with Crippen LogP contribution in [0.2, 0.25) is 0 Å². The normalized spacial score (nSPS) is 28.4. The summed E-state index contributed by atoms with van der Waals surface area (Å²) >= 11 is 0. The monoisotopic (exact) mass is 298 g/mol. The van der Waals surface area contributed by atoms with E-state index in [-0.39, 0.29) is 11.5 Å². The molecule has 2 aliphatic rings. The summed E-state index contributed by atoms with van der Waals surface area (Å²) in [4.78, 5) is 0. The first kappa shape index (κ1) is 16.8. The predicted octanol–water partition coefficient (Wildman–Crippen LogP) is 3.39. The van der Waals surface area contributed by atoms with Crippen molar-refractivity contribution in [3.05, 3.63) is 11.3 Å². The lowest BCUT2D eigenvalue weighted by Crippen LogP contribution is -2.72. The van der Waals surface area contributed by atoms with E-state index in [4.69, 9.17) is 14.2 Å². The van der Waals surface area contributed by atoms with E-state index < -0.39 is 11.4 Å². The molecule has 1 N–H and O–H groups in total. The third kappa shape index (κ3) is 2.32. The second kappa shape index (κ2) is 5.56. The van der Waals surface area contributed by atoms with Crippen molar-refractivity contribution >= 4 is 0 Å². The van der Waals surface area contributed by atoms with Crippen molar-refractivity contribution in [3.8, 4) is 0 Å². The molecule has 1 aliphatic carbocycles. The zero-order valence-corrected chi connectivity index (χ0v) is 14.3. The van der Waals surface area contributed by atoms with Crippen molar-refractivity contribution in [1.82, 2.24) is 0 Å². The molecule has 1 aliphatic heterocycles. The summed E-state index contributed by atoms with van der Waals surface area (Å²) in [6, 6.07) is 0. The summed E-state index contributed by atoms with van der Waals surface area (Å²) in [6.45, 7) is 13.2. The minimum atomic E-state index is -1.13. The average molecular weight is 298 g/mol. The predicted molar refractivity (Wildman–Crippen MR) is 81.8 cm³/mol. The molecule has 0 radical (unpaired) electrons. The molecule has 1 saturated heterocycles. The topological polar surface area (TPSA) is 47.9 Å². The first-order valence-corrected chi connectivity index (χ1v) is 8.11. The highest BCUT2D eigenvalue weighted by Gasteiger charge is 2.74. The lowest BCUT2D eigenvalue weighted by Gasteiger charge is -2.59. The third-order valence-electron chi connectivity index (χ3n) is 4.40. The number of hydrogen-bond donors (Lipinski definition) is 1. The Balaban J connectivity index is 2.48. The minimum Gasteiger partial charge on any atom is -0.489 e. The highest BCUT2D eigenvalue weighted by atomic mass is 16.8. The van der Waals surface area contributed by atoms with Gasteiger partial charge in [0.15, 0.2) is 11.4 Å². The summed E-state index contributed by atoms with van der Waals surface area (Å²) in [6.07, 6.45) is 2.95. The Bertz CT molecular complexity index is 413. The Kier molecular flexibility index (Phi) is 4.45. The van der Waals surface area contributed by atoms with E-state index in [2.05, 4.69) is 6.92 Å². The Labute approximate surface area is 128 Å². The molecule has 4 heteroatoms. The van der Waals surface area contributed by atoms with Crippen LogP contribution in [0.1, 0.15) is 60.8 Å². The molecule has 0 bridgehead atoms. The van der Waals surface area contributed by atoms with E-state index >= 15 is 0 Å². The van der Waals surface area contributed by atoms with E-state index in [1.54, 1.807) is 0 Å². The molecule has 0 amide bonds. The SMILES string of the molecule is CCCCC1=C(OC(C)C)C2(OCCO2)C1(O)C(C)(C)C. The molecule has 21 heavy (non-hydrogen) atoms. The Hall–Kier alpha value is -0.580. The Morgan fingerprint density at radius 3 is 2.24 bits per heavy atom. The molecule has 1 fully saturated rings. The average Bonchev–Trinajstić information content (AvgIpc) is 2.87. The first-order valence-electron chi connectivity index (χ1n) is 8.11. The van der Waals surface area contributed by atoms with Gasteiger partial charge in [-0.15, -0.1) is 0 Å². The van der Waals surface area contributed by atoms with Crippen molar-refractivity contribution < 1.29 is 19.3 Å². The van der Waals surface area contributed by atoms with Gasteiger partial charge >= 0.3 is 0 Å². The van der Waals surface area contributed by atoms with Crippen LogP contribution in [0.25, 0.3) is 0 Å². The molecule has 1 unspecified atom stereocenters. The van der Waals surface area contributed by atoms with Crippen LogP contribution in [0.15, 0.2) is 11.3 Å². The van der Waals surface area contributed by atoms with Gasteiger partial charge in [0.05, 0.1) is 19.3 Å². The maximum absolute atomic E-state index is 11.5. The summed E-state index contributed by atoms with van der Waals surface area (Å²) < 4.78 is 17.8. The lowest BCUT2D eigenvalue weighted by atomic mass is 9.57. The molecule has 0 aromatic rings. The van der Waals surface area contributed by atoms with Crippen LogP contribution in [0, 0.1) is 5.41 Å². The molecule has 4 nitrogen and oxygen atoms in total. The number of ether oxygens (including phenoxy) is 3. The summed E-state index contributed by atoms with van der Waals surface area (Å²) in [5, 5.41) is 11.5. The molecule has 2 rings (SSSR count). The maximum atomic E-state index is 11.5. The van der Waals surface area contributed by atoms with Crippen LogP contribution in [0.4, 0.5) is 0 Å². The minimum absolute atomic E-state index is 0.0332. The first-order chi connectivity index (χ1) is 9.70. The standard InChI is InChI=1S/C17H30O4/c1-7-8-9-13-14(21-12(2)3)17(19-10-11-20-17)16(13,18)15(4,5)6/h12,18H,7-11H2,1-6H3. The number of unbranched alkanes of at least 4 members (excludes halogenated alkanes) is 1. The Morgan fingerprint density at radius 2 is 1.81 bits per heavy atom. The van der Waals surface area contributed by atoms with Crippen LogP contribution >= 0.6 is 0 Å². The van der Waals surface area contributed by atoms with Crippen LogP contribution in [-0.2, 0) is 14.2 Å². The molecule has 122 valence electrons. The largest absolute Gasteiger partial charge is 0.489 e. The molecule has 1 spiro atoms. The van der Waals surface area contributed by atoms with Gasteiger partial charge in [-0.25, -0.2) is 0 Å². The zero-order chi connectivity index (χ0) is 15.9. The second-order valence-electron chi connectivity index (χ2n) is 7.35. The zero-order valence-electron chi connectivity index (χ0n) is 14.3. The molecule has 0 saturated carbocycles. The van der Waals surface area contributed by atoms with Gasteiger partial charge in [0.1, 0.15) is 0 Å². The smallest absolute Gasteiger partial charge is 0.262 e. The molecule has 1 atom stereocenters. The maximum Gasteiger partial charge on any atom is 0.262 e. The fourth-order valence-electron chi connectivity index (χ4n) is 3.39. The summed E-state index contributed by atoms with van der Waals surface area (Å²) in [5.74, 6) is -0.403. The number of hydrogen-bond acceptors (Lipinski definition) is 4. The summed E-state index contributed by atoms with van der Waals surface area (Å²) in [5.41, 5.74) is -0.562. The molecular formula is C17H30O4. The number of rotatable bonds is 5. The van der Waals surface area contributed by atoms with Crippen molar-refractivity contribution in [1.29, 1.82) is 0 Å². The van der Waals surface area contributed by atoms with Crippen LogP contribution in [-0.4, -0.2) is 35.8 Å². The Morgan fingerprint density at radius 1 is 1.24 bits per heavy atom. The van der Waals surface area contributed by atoms with Gasteiger partial charge < -0.3 is 19.3 Å². The van der Waals surface area contributed by atoms with E-state index in [0.717, 1.165) is 24.8 Å². The van der Waals surface area contributed by atoms with E-state index in [1.165, 1.54) is 0 Å². The van der Waals surface area contributed by atoms with Gasteiger partial charge in [-0.3, -0.25) is 0 Å². The van der Waals surface area contributed by atoms with Gasteiger partial charge in [0, 0.05) is 11.0 Å². The third-order valence-corrected chi connectivity index (χ3v) is 4.40. The molecular weight excluding hydrogens is 268 g/mol. The van der Waals surface area contributed by atoms with Gasteiger partial charge in [-0.1, -0.05) is 34.1 Å². The van der Waals surface area contributed by atoms with Gasteiger partial charge in [-0.2, -0.15) is 0 Å². The van der Waals surface area contributed by atoms with Crippen molar-refractivity contribution in [2.24, 2.45) is 5.41 Å². The molecule has 0 aromatic heterocycles. The highest BCUT2D eigenvalue weighted by Crippen LogP contribution is 2.61. The fourth-order valence-corrected chi connectivity index (χ4v) is 3.39. The van der Waals surface area contributed by atoms with E-state index in [1.807, 2.05) is 34.6 Å². The lowest BCUT2D eigenvalue weighted by molar-refractivity contribution is -0.310. The second-order valence-corrected chi connectivity index (χ2v) is 7.35. The van der Waals surface area contributed by atoms with Crippen LogP contribution < -0.4 is 0 Å².